The van der Waals surface area contributed by atoms with Crippen LogP contribution in [-0.4, -0.2) is 39.9 Å². The molecule has 3 aromatic rings. The molecule has 2 aromatic carbocycles. The summed E-state index contributed by atoms with van der Waals surface area (Å²) in [5, 5.41) is 3.47. The molecule has 2 heterocycles. The topological polar surface area (TPSA) is 61.0 Å². The summed E-state index contributed by atoms with van der Waals surface area (Å²) in [6, 6.07) is 18.7. The van der Waals surface area contributed by atoms with Crippen molar-refractivity contribution < 1.29 is 4.79 Å². The molecule has 1 atom stereocenters. The van der Waals surface area contributed by atoms with Gasteiger partial charge in [-0.25, -0.2) is 4.98 Å². The number of hydrogen-bond donors (Lipinski definition) is 2. The van der Waals surface area contributed by atoms with Crippen LogP contribution in [-0.2, 0) is 17.8 Å². The fraction of sp³-hybridized carbons (Fsp3) is 0.333. The number of hydrogen-bond acceptors (Lipinski definition) is 3. The highest BCUT2D eigenvalue weighted by atomic mass is 16.2. The number of aromatic nitrogens is 2. The van der Waals surface area contributed by atoms with Crippen molar-refractivity contribution >= 4 is 16.9 Å². The molecular weight excluding hydrogens is 324 g/mol. The molecule has 0 aliphatic carbocycles. The molecule has 1 amide bonds. The van der Waals surface area contributed by atoms with E-state index in [4.69, 9.17) is 0 Å². The fourth-order valence-corrected chi connectivity index (χ4v) is 3.57. The number of likely N-dealkylation sites (tertiary alicyclic amines) is 1. The first kappa shape index (κ1) is 16.8. The van der Waals surface area contributed by atoms with Gasteiger partial charge in [0, 0.05) is 25.6 Å². The van der Waals surface area contributed by atoms with Gasteiger partial charge >= 0.3 is 0 Å². The molecule has 1 aromatic heterocycles. The van der Waals surface area contributed by atoms with Crippen molar-refractivity contribution in [3.63, 3.8) is 0 Å². The number of carbonyl (C=O) groups is 1. The van der Waals surface area contributed by atoms with E-state index in [9.17, 15) is 4.79 Å². The van der Waals surface area contributed by atoms with E-state index in [-0.39, 0.29) is 11.9 Å². The second kappa shape index (κ2) is 7.70. The molecule has 1 aliphatic rings. The van der Waals surface area contributed by atoms with Gasteiger partial charge < -0.3 is 15.2 Å². The van der Waals surface area contributed by atoms with Crippen LogP contribution in [0.15, 0.2) is 54.6 Å². The minimum atomic E-state index is 0.201. The van der Waals surface area contributed by atoms with Crippen LogP contribution in [0.2, 0.25) is 0 Å². The Labute approximate surface area is 153 Å². The Balaban J connectivity index is 1.25. The Morgan fingerprint density at radius 1 is 1.12 bits per heavy atom. The average Bonchev–Trinajstić information content (AvgIpc) is 3.24. The Morgan fingerprint density at radius 3 is 2.77 bits per heavy atom. The minimum absolute atomic E-state index is 0.201. The van der Waals surface area contributed by atoms with Crippen LogP contribution in [0, 0.1) is 0 Å². The standard InChI is InChI=1S/C21H24N4O/c26-21-13-17(15-25(21)12-6-9-16-7-2-1-3-8-16)22-14-20-23-18-10-4-5-11-19(18)24-20/h1-5,7-8,10-11,17,22H,6,9,12-15H2,(H,23,24). The molecule has 1 aliphatic heterocycles. The highest BCUT2D eigenvalue weighted by Crippen LogP contribution is 2.14. The zero-order valence-corrected chi connectivity index (χ0v) is 14.8. The summed E-state index contributed by atoms with van der Waals surface area (Å²) in [4.78, 5) is 22.1. The number of nitrogens with one attached hydrogen (secondary N) is 2. The number of fused-ring (bicyclic) bond motifs is 1. The van der Waals surface area contributed by atoms with Crippen LogP contribution in [0.1, 0.15) is 24.2 Å². The van der Waals surface area contributed by atoms with E-state index in [0.717, 1.165) is 42.8 Å². The molecule has 1 unspecified atom stereocenters. The number of para-hydroxylation sites is 2. The number of aromatic amines is 1. The summed E-state index contributed by atoms with van der Waals surface area (Å²) in [5.74, 6) is 1.17. The Kier molecular flexibility index (Phi) is 4.97. The Bertz CT molecular complexity index is 841. The molecule has 5 nitrogen and oxygen atoms in total. The molecule has 134 valence electrons. The summed E-state index contributed by atoms with van der Waals surface area (Å²) < 4.78 is 0. The van der Waals surface area contributed by atoms with E-state index in [2.05, 4.69) is 39.6 Å². The fourth-order valence-electron chi connectivity index (χ4n) is 3.57. The molecule has 0 spiro atoms. The first-order chi connectivity index (χ1) is 12.8. The highest BCUT2D eigenvalue weighted by Gasteiger charge is 2.28. The monoisotopic (exact) mass is 348 g/mol. The van der Waals surface area contributed by atoms with Gasteiger partial charge in [0.05, 0.1) is 17.6 Å². The molecule has 5 heteroatoms. The lowest BCUT2D eigenvalue weighted by molar-refractivity contribution is -0.127. The predicted molar refractivity (Wildman–Crippen MR) is 103 cm³/mol. The number of amides is 1. The van der Waals surface area contributed by atoms with Crippen LogP contribution in [0.5, 0.6) is 0 Å². The Morgan fingerprint density at radius 2 is 1.92 bits per heavy atom. The number of nitrogens with zero attached hydrogens (tertiary/aromatic N) is 2. The van der Waals surface area contributed by atoms with Gasteiger partial charge in [-0.15, -0.1) is 0 Å². The number of benzene rings is 2. The SMILES string of the molecule is O=C1CC(NCc2nc3ccccc3[nH]2)CN1CCCc1ccccc1. The minimum Gasteiger partial charge on any atom is -0.341 e. The van der Waals surface area contributed by atoms with Crippen molar-refractivity contribution in [2.45, 2.75) is 31.8 Å². The van der Waals surface area contributed by atoms with Crippen molar-refractivity contribution in [1.29, 1.82) is 0 Å². The third kappa shape index (κ3) is 3.94. The van der Waals surface area contributed by atoms with Gasteiger partial charge in [0.1, 0.15) is 5.82 Å². The third-order valence-corrected chi connectivity index (χ3v) is 4.95. The summed E-state index contributed by atoms with van der Waals surface area (Å²) in [6.07, 6.45) is 2.60. The van der Waals surface area contributed by atoms with Crippen LogP contribution in [0.25, 0.3) is 11.0 Å². The maximum atomic E-state index is 12.2. The largest absolute Gasteiger partial charge is 0.341 e. The second-order valence-electron chi connectivity index (χ2n) is 6.91. The van der Waals surface area contributed by atoms with Gasteiger partial charge in [-0.05, 0) is 30.5 Å². The van der Waals surface area contributed by atoms with E-state index in [1.54, 1.807) is 0 Å². The lowest BCUT2D eigenvalue weighted by Crippen LogP contribution is -2.33. The van der Waals surface area contributed by atoms with E-state index in [0.29, 0.717) is 13.0 Å². The molecule has 2 N–H and O–H groups in total. The van der Waals surface area contributed by atoms with E-state index in [1.807, 2.05) is 35.2 Å². The van der Waals surface area contributed by atoms with E-state index >= 15 is 0 Å². The lowest BCUT2D eigenvalue weighted by Gasteiger charge is -2.17. The quantitative estimate of drug-likeness (QED) is 0.690. The predicted octanol–water partition coefficient (Wildman–Crippen LogP) is 2.89. The van der Waals surface area contributed by atoms with Gasteiger partial charge in [-0.1, -0.05) is 42.5 Å². The first-order valence-electron chi connectivity index (χ1n) is 9.26. The number of rotatable bonds is 7. The van der Waals surface area contributed by atoms with Crippen LogP contribution < -0.4 is 5.32 Å². The smallest absolute Gasteiger partial charge is 0.224 e. The van der Waals surface area contributed by atoms with Crippen LogP contribution >= 0.6 is 0 Å². The van der Waals surface area contributed by atoms with Gasteiger partial charge in [0.2, 0.25) is 5.91 Å². The van der Waals surface area contributed by atoms with E-state index in [1.165, 1.54) is 5.56 Å². The van der Waals surface area contributed by atoms with Crippen molar-refractivity contribution in [3.8, 4) is 0 Å². The van der Waals surface area contributed by atoms with Crippen LogP contribution in [0.4, 0.5) is 0 Å². The van der Waals surface area contributed by atoms with Crippen molar-refractivity contribution in [1.82, 2.24) is 20.2 Å². The second-order valence-corrected chi connectivity index (χ2v) is 6.91. The van der Waals surface area contributed by atoms with Gasteiger partial charge in [0.25, 0.3) is 0 Å². The summed E-state index contributed by atoms with van der Waals surface area (Å²) in [5.41, 5.74) is 3.36. The van der Waals surface area contributed by atoms with E-state index < -0.39 is 0 Å². The number of imidazole rings is 1. The first-order valence-corrected chi connectivity index (χ1v) is 9.26. The number of carbonyl (C=O) groups excluding carboxylic acids is 1. The van der Waals surface area contributed by atoms with Crippen molar-refractivity contribution in [3.05, 3.63) is 66.0 Å². The summed E-state index contributed by atoms with van der Waals surface area (Å²) in [7, 11) is 0. The van der Waals surface area contributed by atoms with Crippen molar-refractivity contribution in [2.75, 3.05) is 13.1 Å². The maximum Gasteiger partial charge on any atom is 0.224 e. The molecule has 0 saturated carbocycles. The van der Waals surface area contributed by atoms with Gasteiger partial charge in [-0.2, -0.15) is 0 Å². The average molecular weight is 348 g/mol. The van der Waals surface area contributed by atoms with Gasteiger partial charge in [0.15, 0.2) is 0 Å². The highest BCUT2D eigenvalue weighted by molar-refractivity contribution is 5.79. The summed E-state index contributed by atoms with van der Waals surface area (Å²) >= 11 is 0. The van der Waals surface area contributed by atoms with Crippen molar-refractivity contribution in [2.24, 2.45) is 0 Å². The zero-order valence-electron chi connectivity index (χ0n) is 14.8. The zero-order chi connectivity index (χ0) is 17.8. The number of H-pyrrole nitrogens is 1. The molecule has 26 heavy (non-hydrogen) atoms. The molecule has 4 rings (SSSR count). The molecule has 0 radical (unpaired) electrons. The summed E-state index contributed by atoms with van der Waals surface area (Å²) in [6.45, 7) is 2.27. The normalized spacial score (nSPS) is 17.3. The number of aryl methyl sites for hydroxylation is 1. The molecule has 1 saturated heterocycles. The molecule has 1 fully saturated rings. The van der Waals surface area contributed by atoms with Crippen LogP contribution in [0.3, 0.4) is 0 Å². The third-order valence-electron chi connectivity index (χ3n) is 4.95. The van der Waals surface area contributed by atoms with Gasteiger partial charge in [-0.3, -0.25) is 4.79 Å². The maximum absolute atomic E-state index is 12.2. The Hall–Kier alpha value is -2.66. The molecule has 0 bridgehead atoms. The lowest BCUT2D eigenvalue weighted by atomic mass is 10.1. The molecular formula is C21H24N4O.